The number of benzene rings is 2. The molecule has 1 aromatic heterocycles. The molecule has 0 aliphatic carbocycles. The molecule has 0 aliphatic heterocycles. The predicted molar refractivity (Wildman–Crippen MR) is 111 cm³/mol. The highest BCUT2D eigenvalue weighted by Gasteiger charge is 2.31. The van der Waals surface area contributed by atoms with Crippen molar-refractivity contribution < 1.29 is 27.6 Å². The quantitative estimate of drug-likeness (QED) is 0.464. The molecular weight excluding hydrogens is 425 g/mol. The fourth-order valence-corrected chi connectivity index (χ4v) is 3.22. The van der Waals surface area contributed by atoms with Gasteiger partial charge in [0.25, 0.3) is 17.6 Å². The number of aryl methyl sites for hydroxylation is 1. The van der Waals surface area contributed by atoms with Crippen LogP contribution in [0.4, 0.5) is 18.9 Å². The molecule has 32 heavy (non-hydrogen) atoms. The van der Waals surface area contributed by atoms with Gasteiger partial charge in [0.15, 0.2) is 0 Å². The molecule has 3 aromatic rings. The number of ketones is 1. The van der Waals surface area contributed by atoms with Crippen LogP contribution in [-0.2, 0) is 11.0 Å². The van der Waals surface area contributed by atoms with E-state index in [0.29, 0.717) is 5.56 Å². The average molecular weight is 444 g/mol. The molecule has 1 heterocycles. The van der Waals surface area contributed by atoms with E-state index in [4.69, 9.17) is 0 Å². The molecule has 2 aromatic carbocycles. The summed E-state index contributed by atoms with van der Waals surface area (Å²) in [5, 5.41) is 9.05. The lowest BCUT2D eigenvalue weighted by atomic mass is 10.1. The van der Waals surface area contributed by atoms with Crippen molar-refractivity contribution in [3.8, 4) is 5.69 Å². The van der Waals surface area contributed by atoms with Crippen LogP contribution in [0.25, 0.3) is 5.69 Å². The Morgan fingerprint density at radius 2 is 1.69 bits per heavy atom. The highest BCUT2D eigenvalue weighted by molar-refractivity contribution is 6.47. The van der Waals surface area contributed by atoms with Crippen LogP contribution in [0.5, 0.6) is 0 Å². The van der Waals surface area contributed by atoms with E-state index in [-0.39, 0.29) is 34.2 Å². The van der Waals surface area contributed by atoms with Crippen molar-refractivity contribution in [3.63, 3.8) is 0 Å². The largest absolute Gasteiger partial charge is 0.416 e. The van der Waals surface area contributed by atoms with E-state index in [1.54, 1.807) is 12.1 Å². The number of carbonyl (C=O) groups excluding carboxylic acids is 3. The lowest BCUT2D eigenvalue weighted by Gasteiger charge is -2.10. The standard InChI is InChI=1S/C22H19F3N4O3/c1-12-18(13(2)29(28-12)17-9-5-7-15(11-17)22(23,24)25)19(30)21(32)27-16-8-4-6-14(10-16)20(31)26-3/h4-11H,1-3H3,(H,26,31)(H,27,32). The summed E-state index contributed by atoms with van der Waals surface area (Å²) in [4.78, 5) is 37.1. The monoisotopic (exact) mass is 444 g/mol. The number of nitrogens with one attached hydrogen (secondary N) is 2. The SMILES string of the molecule is CNC(=O)c1cccc(NC(=O)C(=O)c2c(C)nn(-c3cccc(C(F)(F)F)c3)c2C)c1. The molecule has 0 saturated carbocycles. The second kappa shape index (κ2) is 8.66. The summed E-state index contributed by atoms with van der Waals surface area (Å²) in [5.41, 5.74) is 0.192. The normalized spacial score (nSPS) is 11.2. The van der Waals surface area contributed by atoms with Crippen LogP contribution in [0, 0.1) is 13.8 Å². The van der Waals surface area contributed by atoms with Crippen LogP contribution < -0.4 is 10.6 Å². The minimum absolute atomic E-state index is 0.0117. The summed E-state index contributed by atoms with van der Waals surface area (Å²) in [7, 11) is 1.46. The predicted octanol–water partition coefficient (Wildman–Crippen LogP) is 3.69. The van der Waals surface area contributed by atoms with Gasteiger partial charge >= 0.3 is 6.18 Å². The maximum atomic E-state index is 13.0. The van der Waals surface area contributed by atoms with E-state index < -0.39 is 23.4 Å². The number of amides is 2. The highest BCUT2D eigenvalue weighted by Crippen LogP contribution is 2.31. The molecule has 3 rings (SSSR count). The lowest BCUT2D eigenvalue weighted by Crippen LogP contribution is -2.24. The lowest BCUT2D eigenvalue weighted by molar-refractivity contribution is -0.137. The molecule has 2 N–H and O–H groups in total. The average Bonchev–Trinajstić information content (AvgIpc) is 3.06. The maximum absolute atomic E-state index is 13.0. The number of anilines is 1. The Balaban J connectivity index is 1.90. The molecule has 0 fully saturated rings. The van der Waals surface area contributed by atoms with Crippen molar-refractivity contribution in [1.82, 2.24) is 15.1 Å². The molecule has 10 heteroatoms. The number of carbonyl (C=O) groups is 3. The van der Waals surface area contributed by atoms with Gasteiger partial charge in [0.2, 0.25) is 0 Å². The molecule has 0 saturated heterocycles. The Bertz CT molecular complexity index is 1220. The van der Waals surface area contributed by atoms with Crippen molar-refractivity contribution in [3.05, 3.63) is 76.6 Å². The minimum Gasteiger partial charge on any atom is -0.355 e. The topological polar surface area (TPSA) is 93.1 Å². The van der Waals surface area contributed by atoms with E-state index in [1.165, 1.54) is 49.8 Å². The third kappa shape index (κ3) is 4.53. The van der Waals surface area contributed by atoms with Crippen LogP contribution in [0.2, 0.25) is 0 Å². The van der Waals surface area contributed by atoms with Crippen molar-refractivity contribution in [2.45, 2.75) is 20.0 Å². The zero-order valence-corrected chi connectivity index (χ0v) is 17.4. The molecular formula is C22H19F3N4O3. The number of Topliss-reactive ketones (excluding diaryl/α,β-unsaturated/α-hetero) is 1. The molecule has 0 bridgehead atoms. The number of hydrogen-bond acceptors (Lipinski definition) is 4. The first-order valence-corrected chi connectivity index (χ1v) is 9.44. The Morgan fingerprint density at radius 1 is 1.00 bits per heavy atom. The summed E-state index contributed by atoms with van der Waals surface area (Å²) in [6.45, 7) is 2.98. The molecule has 0 spiro atoms. The van der Waals surface area contributed by atoms with Gasteiger partial charge in [-0.05, 0) is 50.2 Å². The number of hydrogen-bond donors (Lipinski definition) is 2. The molecule has 0 atom stereocenters. The molecule has 0 aliphatic rings. The van der Waals surface area contributed by atoms with E-state index >= 15 is 0 Å². The Kier molecular flexibility index (Phi) is 6.15. The Labute approximate surface area is 181 Å². The van der Waals surface area contributed by atoms with Gasteiger partial charge in [-0.2, -0.15) is 18.3 Å². The van der Waals surface area contributed by atoms with Gasteiger partial charge in [-0.1, -0.05) is 12.1 Å². The molecule has 0 radical (unpaired) electrons. The molecule has 7 nitrogen and oxygen atoms in total. The van der Waals surface area contributed by atoms with E-state index in [2.05, 4.69) is 15.7 Å². The third-order valence-corrected chi connectivity index (χ3v) is 4.75. The van der Waals surface area contributed by atoms with E-state index in [9.17, 15) is 27.6 Å². The van der Waals surface area contributed by atoms with Gasteiger partial charge in [-0.25, -0.2) is 4.68 Å². The van der Waals surface area contributed by atoms with Gasteiger partial charge in [0.1, 0.15) is 0 Å². The molecule has 2 amide bonds. The van der Waals surface area contributed by atoms with Crippen LogP contribution in [0.3, 0.4) is 0 Å². The second-order valence-corrected chi connectivity index (χ2v) is 6.95. The van der Waals surface area contributed by atoms with Crippen LogP contribution >= 0.6 is 0 Å². The van der Waals surface area contributed by atoms with Crippen molar-refractivity contribution in [2.75, 3.05) is 12.4 Å². The number of nitrogens with zero attached hydrogens (tertiary/aromatic N) is 2. The maximum Gasteiger partial charge on any atom is 0.416 e. The molecule has 166 valence electrons. The fraction of sp³-hybridized carbons (Fsp3) is 0.182. The summed E-state index contributed by atoms with van der Waals surface area (Å²) >= 11 is 0. The highest BCUT2D eigenvalue weighted by atomic mass is 19.4. The number of aromatic nitrogens is 2. The first kappa shape index (κ1) is 22.7. The Morgan fingerprint density at radius 3 is 2.34 bits per heavy atom. The number of alkyl halides is 3. The van der Waals surface area contributed by atoms with Gasteiger partial charge in [0, 0.05) is 18.3 Å². The van der Waals surface area contributed by atoms with Crippen LogP contribution in [0.15, 0.2) is 48.5 Å². The summed E-state index contributed by atoms with van der Waals surface area (Å²) < 4.78 is 40.3. The summed E-state index contributed by atoms with van der Waals surface area (Å²) in [5.74, 6) is -2.22. The number of rotatable bonds is 5. The first-order chi connectivity index (χ1) is 15.0. The molecule has 0 unspecified atom stereocenters. The minimum atomic E-state index is -4.53. The Hall–Kier alpha value is -3.95. The van der Waals surface area contributed by atoms with Crippen LogP contribution in [-0.4, -0.2) is 34.4 Å². The van der Waals surface area contributed by atoms with Crippen LogP contribution in [0.1, 0.15) is 37.7 Å². The first-order valence-electron chi connectivity index (χ1n) is 9.44. The van der Waals surface area contributed by atoms with E-state index in [0.717, 1.165) is 12.1 Å². The van der Waals surface area contributed by atoms with Gasteiger partial charge in [-0.3, -0.25) is 14.4 Å². The fourth-order valence-electron chi connectivity index (χ4n) is 3.22. The zero-order chi connectivity index (χ0) is 23.6. The second-order valence-electron chi connectivity index (χ2n) is 6.95. The summed E-state index contributed by atoms with van der Waals surface area (Å²) in [6.07, 6.45) is -4.53. The van der Waals surface area contributed by atoms with Crippen molar-refractivity contribution >= 4 is 23.3 Å². The number of halogens is 3. The third-order valence-electron chi connectivity index (χ3n) is 4.75. The van der Waals surface area contributed by atoms with Crippen molar-refractivity contribution in [1.29, 1.82) is 0 Å². The van der Waals surface area contributed by atoms with Gasteiger partial charge in [-0.15, -0.1) is 0 Å². The van der Waals surface area contributed by atoms with Gasteiger partial charge in [0.05, 0.1) is 28.2 Å². The van der Waals surface area contributed by atoms with E-state index in [1.807, 2.05) is 0 Å². The summed E-state index contributed by atoms with van der Waals surface area (Å²) in [6, 6.07) is 10.5. The van der Waals surface area contributed by atoms with Gasteiger partial charge < -0.3 is 10.6 Å². The smallest absolute Gasteiger partial charge is 0.355 e. The van der Waals surface area contributed by atoms with Crippen molar-refractivity contribution in [2.24, 2.45) is 0 Å². The zero-order valence-electron chi connectivity index (χ0n) is 17.4.